The number of ketones is 2. The number of rotatable bonds is 9. The molecule has 0 fully saturated rings. The van der Waals surface area contributed by atoms with Crippen LogP contribution in [0.25, 0.3) is 60.9 Å². The van der Waals surface area contributed by atoms with Crippen LogP contribution in [0.2, 0.25) is 0 Å². The van der Waals surface area contributed by atoms with Gasteiger partial charge in [-0.25, -0.2) is 14.6 Å². The van der Waals surface area contributed by atoms with Crippen molar-refractivity contribution in [1.29, 1.82) is 0 Å². The number of Topliss-reactive ketones (excluding diaryl/α,β-unsaturated/α-hetero) is 2. The summed E-state index contributed by atoms with van der Waals surface area (Å²) in [6, 6.07) is 42.5. The van der Waals surface area contributed by atoms with Gasteiger partial charge in [-0.05, 0) is 69.1 Å². The molecule has 0 unspecified atom stereocenters. The molecule has 1 aliphatic carbocycles. The van der Waals surface area contributed by atoms with E-state index < -0.39 is 34.4 Å². The maximum atomic E-state index is 15.2. The van der Waals surface area contributed by atoms with Crippen LogP contribution in [0.5, 0.6) is 5.75 Å². The Morgan fingerprint density at radius 1 is 0.571 bits per heavy atom. The predicted molar refractivity (Wildman–Crippen MR) is 275 cm³/mol. The van der Waals surface area contributed by atoms with E-state index in [1.807, 2.05) is 91.0 Å². The summed E-state index contributed by atoms with van der Waals surface area (Å²) in [5.41, 5.74) is -1.26. The van der Waals surface area contributed by atoms with Gasteiger partial charge in [0.1, 0.15) is 18.2 Å². The highest BCUT2D eigenvalue weighted by atomic mass is 32.1. The normalized spacial score (nSPS) is 14.0. The van der Waals surface area contributed by atoms with Crippen LogP contribution in [-0.2, 0) is 37.9 Å². The first-order valence-corrected chi connectivity index (χ1v) is 25.2. The minimum atomic E-state index is -2.53. The summed E-state index contributed by atoms with van der Waals surface area (Å²) < 4.78 is 21.4. The zero-order chi connectivity index (χ0) is 47.4. The lowest BCUT2D eigenvalue weighted by Crippen LogP contribution is -2.52. The topological polar surface area (TPSA) is 154 Å². The number of carbonyl (C=O) groups is 4. The van der Waals surface area contributed by atoms with E-state index in [4.69, 9.17) is 14.2 Å². The van der Waals surface area contributed by atoms with Crippen molar-refractivity contribution < 1.29 is 33.4 Å². The Labute approximate surface area is 410 Å². The Bertz CT molecular complexity index is 4060. The number of carbonyl (C=O) groups excluding carboxylic acids is 4. The number of esters is 2. The number of thiophene rings is 4. The minimum absolute atomic E-state index is 0.192. The van der Waals surface area contributed by atoms with Crippen molar-refractivity contribution >= 4 is 130 Å². The first kappa shape index (κ1) is 42.2. The number of ether oxygens (including phenoxy) is 3. The quantitative estimate of drug-likeness (QED) is 0.109. The molecule has 0 amide bonds. The molecule has 13 rings (SSSR count). The summed E-state index contributed by atoms with van der Waals surface area (Å²) >= 11 is 5.02. The van der Waals surface area contributed by atoms with Crippen molar-refractivity contribution in [3.05, 3.63) is 199 Å². The van der Waals surface area contributed by atoms with Crippen LogP contribution in [0, 0.1) is 0 Å². The average Bonchev–Trinajstić information content (AvgIpc) is 4.22. The van der Waals surface area contributed by atoms with Gasteiger partial charge in [-0.1, -0.05) is 109 Å². The van der Waals surface area contributed by atoms with Crippen molar-refractivity contribution in [2.75, 3.05) is 5.32 Å². The molecule has 0 saturated carbocycles. The molecule has 1 aliphatic heterocycles. The molecule has 11 aromatic rings. The maximum Gasteiger partial charge on any atom is 0.367 e. The molecule has 1 N–H and O–H groups in total. The average molecular weight is 991 g/mol. The second-order valence-corrected chi connectivity index (χ2v) is 21.2. The van der Waals surface area contributed by atoms with Gasteiger partial charge in [0.25, 0.3) is 0 Å². The van der Waals surface area contributed by atoms with Gasteiger partial charge in [0.15, 0.2) is 28.7 Å². The summed E-state index contributed by atoms with van der Waals surface area (Å²) in [7, 11) is 0. The highest BCUT2D eigenvalue weighted by molar-refractivity contribution is 7.36. The van der Waals surface area contributed by atoms with E-state index in [9.17, 15) is 19.2 Å². The molecule has 70 heavy (non-hydrogen) atoms. The number of nitrogens with zero attached hydrogens (tertiary/aromatic N) is 1. The van der Waals surface area contributed by atoms with Crippen LogP contribution in [-0.4, -0.2) is 29.5 Å². The molecule has 2 aliphatic rings. The summed E-state index contributed by atoms with van der Waals surface area (Å²) in [5, 5.41) is 7.67. The Morgan fingerprint density at radius 3 is 1.63 bits per heavy atom. The van der Waals surface area contributed by atoms with Crippen LogP contribution < -0.4 is 26.3 Å². The molecule has 5 heterocycles. The fraction of sp³-hybridized carbons (Fsp3) is 0.0727. The van der Waals surface area contributed by atoms with Crippen molar-refractivity contribution in [2.24, 2.45) is 4.99 Å². The molecule has 4 aromatic heterocycles. The molecule has 0 bridgehead atoms. The van der Waals surface area contributed by atoms with Gasteiger partial charge in [-0.2, -0.15) is 0 Å². The third-order valence-corrected chi connectivity index (χ3v) is 17.5. The molecule has 0 radical (unpaired) electrons. The molecule has 15 heteroatoms. The smallest absolute Gasteiger partial charge is 0.367 e. The van der Waals surface area contributed by atoms with E-state index in [0.717, 1.165) is 32.9 Å². The Balaban J connectivity index is 0.953. The van der Waals surface area contributed by atoms with Crippen molar-refractivity contribution in [3.63, 3.8) is 0 Å². The van der Waals surface area contributed by atoms with Crippen LogP contribution >= 0.6 is 45.3 Å². The Hall–Kier alpha value is -7.95. The van der Waals surface area contributed by atoms with Crippen LogP contribution in [0.1, 0.15) is 37.4 Å². The standard InChI is InChI=1S/C55H30N2O9S4/c58-44-33-19-29-15-7-8-16-30(29)20-34(33)45(59)42(44)56-39-23-37-49(69-39)41-51(67-37)52-48(66-55(41,53(62)64-25-27-11-3-1-4-12-27)54(63)65-26-28-13-5-2-6-14-28)50-38(68-52)24-40(70-50)57-43-46(60)35-21-31-17-9-10-18-32(31)22-36(35)47(43)61/h1-24,43,57H,25-26H2. The van der Waals surface area contributed by atoms with Gasteiger partial charge >= 0.3 is 17.5 Å². The number of fused-ring (bicyclic) bond motifs is 11. The van der Waals surface area contributed by atoms with E-state index in [1.54, 1.807) is 54.6 Å². The van der Waals surface area contributed by atoms with Crippen LogP contribution in [0.4, 0.5) is 10.0 Å². The first-order chi connectivity index (χ1) is 34.1. The molecule has 0 atom stereocenters. The van der Waals surface area contributed by atoms with E-state index >= 15 is 9.59 Å². The van der Waals surface area contributed by atoms with Gasteiger partial charge in [0, 0.05) is 26.6 Å². The van der Waals surface area contributed by atoms with Gasteiger partial charge in [-0.3, -0.25) is 19.2 Å². The monoisotopic (exact) mass is 990 g/mol. The first-order valence-electron chi connectivity index (χ1n) is 22.0. The van der Waals surface area contributed by atoms with Gasteiger partial charge < -0.3 is 19.5 Å². The molecule has 338 valence electrons. The van der Waals surface area contributed by atoms with Crippen LogP contribution in [0.3, 0.4) is 0 Å². The predicted octanol–water partition coefficient (Wildman–Crippen LogP) is 11.1. The lowest BCUT2D eigenvalue weighted by Gasteiger charge is -2.33. The fourth-order valence-electron chi connectivity index (χ4n) is 9.35. The number of hydrogen-bond acceptors (Lipinski definition) is 15. The SMILES string of the molecule is O=C1c2cc3ccccc3cc2C(=O)C1Nc1cc2sc3c(c2s1)OC(C(=O)OCc1ccccc1)(C(=O)OCc1ccccc1)c1c-3sc2cc(N=c3c(=O)c4cc5ccccc5cc4c3=O)sc12. The second kappa shape index (κ2) is 16.1. The van der Waals surface area contributed by atoms with Crippen molar-refractivity contribution in [3.8, 4) is 15.5 Å². The summed E-state index contributed by atoms with van der Waals surface area (Å²) in [5.74, 6) is -2.48. The number of benzene rings is 6. The molecule has 0 saturated heterocycles. The van der Waals surface area contributed by atoms with E-state index in [0.29, 0.717) is 60.8 Å². The molecular formula is C55H30N2O9S4. The zero-order valence-electron chi connectivity index (χ0n) is 36.1. The molecule has 0 spiro atoms. The fourth-order valence-corrected chi connectivity index (χ4v) is 14.5. The highest BCUT2D eigenvalue weighted by Crippen LogP contribution is 2.61. The summed E-state index contributed by atoms with van der Waals surface area (Å²) in [6.07, 6.45) is 0. The third-order valence-electron chi connectivity index (χ3n) is 12.7. The summed E-state index contributed by atoms with van der Waals surface area (Å²) in [4.78, 5) is 91.5. The Kier molecular flexibility index (Phi) is 9.68. The van der Waals surface area contributed by atoms with Gasteiger partial charge in [0.2, 0.25) is 10.9 Å². The van der Waals surface area contributed by atoms with Gasteiger partial charge in [-0.15, -0.1) is 45.3 Å². The molecule has 11 nitrogen and oxygen atoms in total. The third kappa shape index (κ3) is 6.53. The number of nitrogens with one attached hydrogen (secondary N) is 1. The Morgan fingerprint density at radius 2 is 1.07 bits per heavy atom. The highest BCUT2D eigenvalue weighted by Gasteiger charge is 2.60. The number of anilines is 1. The maximum absolute atomic E-state index is 15.2. The van der Waals surface area contributed by atoms with Crippen molar-refractivity contribution in [2.45, 2.75) is 24.9 Å². The number of hydrogen-bond donors (Lipinski definition) is 1. The lowest BCUT2D eigenvalue weighted by atomic mass is 9.90. The van der Waals surface area contributed by atoms with Crippen LogP contribution in [0.15, 0.2) is 160 Å². The van der Waals surface area contributed by atoms with E-state index in [2.05, 4.69) is 10.3 Å². The summed E-state index contributed by atoms with van der Waals surface area (Å²) in [6.45, 7) is -0.383. The molecule has 7 aromatic carbocycles. The van der Waals surface area contributed by atoms with Crippen molar-refractivity contribution in [1.82, 2.24) is 0 Å². The van der Waals surface area contributed by atoms with Gasteiger partial charge in [0.05, 0.1) is 34.4 Å². The lowest BCUT2D eigenvalue weighted by molar-refractivity contribution is -0.183. The van der Waals surface area contributed by atoms with E-state index in [1.165, 1.54) is 34.0 Å². The second-order valence-electron chi connectivity index (χ2n) is 17.0. The largest absolute Gasteiger partial charge is 0.457 e. The zero-order valence-corrected chi connectivity index (χ0v) is 39.4. The molecular weight excluding hydrogens is 961 g/mol. The minimum Gasteiger partial charge on any atom is -0.457 e. The van der Waals surface area contributed by atoms with E-state index in [-0.39, 0.29) is 52.2 Å².